The van der Waals surface area contributed by atoms with Crippen LogP contribution >= 0.6 is 11.6 Å². The quantitative estimate of drug-likeness (QED) is 0.771. The zero-order valence-electron chi connectivity index (χ0n) is 14.5. The summed E-state index contributed by atoms with van der Waals surface area (Å²) in [6.07, 6.45) is 3.07. The van der Waals surface area contributed by atoms with Crippen LogP contribution < -0.4 is 21.1 Å². The van der Waals surface area contributed by atoms with Gasteiger partial charge in [0.1, 0.15) is 6.04 Å². The lowest BCUT2D eigenvalue weighted by Gasteiger charge is -2.22. The Morgan fingerprint density at radius 2 is 1.85 bits per heavy atom. The number of carbonyl (C=O) groups is 1. The molecule has 2 saturated heterocycles. The highest BCUT2D eigenvalue weighted by atomic mass is 35.5. The third kappa shape index (κ3) is 3.70. The van der Waals surface area contributed by atoms with Gasteiger partial charge in [-0.05, 0) is 43.0 Å². The lowest BCUT2D eigenvalue weighted by atomic mass is 10.0. The van der Waals surface area contributed by atoms with Crippen LogP contribution in [0.25, 0.3) is 0 Å². The van der Waals surface area contributed by atoms with Crippen molar-refractivity contribution in [3.8, 4) is 0 Å². The summed E-state index contributed by atoms with van der Waals surface area (Å²) in [5.41, 5.74) is 9.35. The summed E-state index contributed by atoms with van der Waals surface area (Å²) in [5.74, 6) is -0.0429. The molecule has 1 amide bonds. The zero-order chi connectivity index (χ0) is 17.9. The first kappa shape index (κ1) is 17.3. The minimum atomic E-state index is -0.286. The van der Waals surface area contributed by atoms with Gasteiger partial charge in [0.2, 0.25) is 5.91 Å². The lowest BCUT2D eigenvalue weighted by Crippen LogP contribution is -2.39. The number of hydrazine groups is 1. The van der Waals surface area contributed by atoms with Crippen molar-refractivity contribution in [2.75, 3.05) is 23.3 Å². The molecule has 26 heavy (non-hydrogen) atoms. The predicted octanol–water partition coefficient (Wildman–Crippen LogP) is 3.49. The number of carbonyl (C=O) groups excluding carboxylic acids is 1. The molecule has 0 saturated carbocycles. The minimum Gasteiger partial charge on any atom is -0.370 e. The molecule has 2 aromatic rings. The Balaban J connectivity index is 1.46. The van der Waals surface area contributed by atoms with Gasteiger partial charge in [0, 0.05) is 24.2 Å². The third-order valence-corrected chi connectivity index (χ3v) is 5.32. The molecule has 0 aliphatic carbocycles. The molecule has 2 aromatic carbocycles. The van der Waals surface area contributed by atoms with Crippen LogP contribution in [0.3, 0.4) is 0 Å². The van der Waals surface area contributed by atoms with Gasteiger partial charge < -0.3 is 10.2 Å². The Morgan fingerprint density at radius 3 is 2.62 bits per heavy atom. The Hall–Kier alpha value is -2.08. The first-order valence-corrected chi connectivity index (χ1v) is 9.50. The van der Waals surface area contributed by atoms with E-state index in [0.717, 1.165) is 24.5 Å². The molecule has 2 unspecified atom stereocenters. The van der Waals surface area contributed by atoms with Crippen molar-refractivity contribution < 1.29 is 4.79 Å². The van der Waals surface area contributed by atoms with Crippen molar-refractivity contribution >= 4 is 28.9 Å². The predicted molar refractivity (Wildman–Crippen MR) is 105 cm³/mol. The highest BCUT2D eigenvalue weighted by Crippen LogP contribution is 2.32. The highest BCUT2D eigenvalue weighted by Gasteiger charge is 2.30. The maximum atomic E-state index is 12.8. The average molecular weight is 371 g/mol. The van der Waals surface area contributed by atoms with E-state index >= 15 is 0 Å². The number of hydrogen-bond donors (Lipinski definition) is 3. The number of hydrogen-bond acceptors (Lipinski definition) is 4. The van der Waals surface area contributed by atoms with E-state index in [4.69, 9.17) is 11.6 Å². The SMILES string of the molecule is O=C(Nc1cc(Cl)ccc1N1CCCC1)C1CC(c2ccccc2)NN1. The third-order valence-electron chi connectivity index (χ3n) is 5.08. The van der Waals surface area contributed by atoms with Gasteiger partial charge in [-0.2, -0.15) is 0 Å². The second-order valence-corrected chi connectivity index (χ2v) is 7.32. The van der Waals surface area contributed by atoms with Gasteiger partial charge in [0.05, 0.1) is 11.4 Å². The standard InChI is InChI=1S/C20H23ClN4O/c21-15-8-9-19(25-10-4-5-11-25)17(12-15)22-20(26)18-13-16(23-24-18)14-6-2-1-3-7-14/h1-3,6-9,12,16,18,23-24H,4-5,10-11,13H2,(H,22,26). The van der Waals surface area contributed by atoms with E-state index in [2.05, 4.69) is 33.2 Å². The van der Waals surface area contributed by atoms with E-state index in [1.54, 1.807) is 0 Å². The number of anilines is 2. The summed E-state index contributed by atoms with van der Waals surface area (Å²) in [6.45, 7) is 2.04. The number of nitrogens with zero attached hydrogens (tertiary/aromatic N) is 1. The Labute approximate surface area is 158 Å². The summed E-state index contributed by atoms with van der Waals surface area (Å²) >= 11 is 6.17. The Bertz CT molecular complexity index is 777. The molecule has 136 valence electrons. The Morgan fingerprint density at radius 1 is 1.08 bits per heavy atom. The van der Waals surface area contributed by atoms with Gasteiger partial charge >= 0.3 is 0 Å². The first-order valence-electron chi connectivity index (χ1n) is 9.12. The molecule has 0 radical (unpaired) electrons. The molecule has 2 heterocycles. The Kier molecular flexibility index (Phi) is 5.11. The summed E-state index contributed by atoms with van der Waals surface area (Å²) in [7, 11) is 0. The van der Waals surface area contributed by atoms with E-state index in [1.165, 1.54) is 18.4 Å². The molecule has 5 nitrogen and oxygen atoms in total. The van der Waals surface area contributed by atoms with Crippen LogP contribution in [-0.2, 0) is 4.79 Å². The molecule has 2 atom stereocenters. The molecule has 2 aliphatic heterocycles. The van der Waals surface area contributed by atoms with E-state index in [0.29, 0.717) is 11.4 Å². The second kappa shape index (κ2) is 7.66. The maximum absolute atomic E-state index is 12.8. The molecule has 4 rings (SSSR count). The fourth-order valence-electron chi connectivity index (χ4n) is 3.69. The van der Waals surface area contributed by atoms with Gasteiger partial charge in [0.15, 0.2) is 0 Å². The molecule has 0 bridgehead atoms. The number of rotatable bonds is 4. The topological polar surface area (TPSA) is 56.4 Å². The molecule has 3 N–H and O–H groups in total. The van der Waals surface area contributed by atoms with Gasteiger partial charge in [-0.3, -0.25) is 4.79 Å². The minimum absolute atomic E-state index is 0.0429. The number of halogens is 1. The van der Waals surface area contributed by atoms with Crippen LogP contribution in [-0.4, -0.2) is 25.0 Å². The van der Waals surface area contributed by atoms with Gasteiger partial charge in [-0.25, -0.2) is 10.9 Å². The van der Waals surface area contributed by atoms with Crippen LogP contribution in [0.1, 0.15) is 30.9 Å². The van der Waals surface area contributed by atoms with Crippen molar-refractivity contribution in [2.24, 2.45) is 0 Å². The van der Waals surface area contributed by atoms with Crippen LogP contribution in [0, 0.1) is 0 Å². The molecule has 0 aromatic heterocycles. The zero-order valence-corrected chi connectivity index (χ0v) is 15.3. The van der Waals surface area contributed by atoms with Crippen molar-refractivity contribution in [1.82, 2.24) is 10.9 Å². The maximum Gasteiger partial charge on any atom is 0.242 e. The van der Waals surface area contributed by atoms with E-state index in [-0.39, 0.29) is 18.0 Å². The molecule has 2 fully saturated rings. The van der Waals surface area contributed by atoms with Crippen molar-refractivity contribution in [2.45, 2.75) is 31.3 Å². The average Bonchev–Trinajstić information content (AvgIpc) is 3.35. The summed E-state index contributed by atoms with van der Waals surface area (Å²) in [5, 5.41) is 3.70. The summed E-state index contributed by atoms with van der Waals surface area (Å²) in [6, 6.07) is 15.7. The van der Waals surface area contributed by atoms with Gasteiger partial charge in [-0.1, -0.05) is 41.9 Å². The summed E-state index contributed by atoms with van der Waals surface area (Å²) in [4.78, 5) is 15.1. The van der Waals surface area contributed by atoms with E-state index in [1.807, 2.05) is 36.4 Å². The normalized spacial score (nSPS) is 22.6. The van der Waals surface area contributed by atoms with Crippen molar-refractivity contribution in [3.63, 3.8) is 0 Å². The second-order valence-electron chi connectivity index (χ2n) is 6.89. The van der Waals surface area contributed by atoms with Gasteiger partial charge in [-0.15, -0.1) is 0 Å². The fraction of sp³-hybridized carbons (Fsp3) is 0.350. The van der Waals surface area contributed by atoms with Crippen molar-refractivity contribution in [1.29, 1.82) is 0 Å². The first-order chi connectivity index (χ1) is 12.7. The molecule has 6 heteroatoms. The van der Waals surface area contributed by atoms with E-state index < -0.39 is 0 Å². The smallest absolute Gasteiger partial charge is 0.242 e. The molecule has 2 aliphatic rings. The molecular formula is C20H23ClN4O. The van der Waals surface area contributed by atoms with Crippen LogP contribution in [0.5, 0.6) is 0 Å². The molecular weight excluding hydrogens is 348 g/mol. The monoisotopic (exact) mass is 370 g/mol. The van der Waals surface area contributed by atoms with Crippen LogP contribution in [0.4, 0.5) is 11.4 Å². The number of amides is 1. The van der Waals surface area contributed by atoms with Crippen molar-refractivity contribution in [3.05, 3.63) is 59.1 Å². The van der Waals surface area contributed by atoms with Gasteiger partial charge in [0.25, 0.3) is 0 Å². The number of nitrogens with one attached hydrogen (secondary N) is 3. The summed E-state index contributed by atoms with van der Waals surface area (Å²) < 4.78 is 0. The van der Waals surface area contributed by atoms with Crippen LogP contribution in [0.15, 0.2) is 48.5 Å². The fourth-order valence-corrected chi connectivity index (χ4v) is 3.87. The number of benzene rings is 2. The molecule has 0 spiro atoms. The lowest BCUT2D eigenvalue weighted by molar-refractivity contribution is -0.117. The van der Waals surface area contributed by atoms with Crippen LogP contribution in [0.2, 0.25) is 5.02 Å². The highest BCUT2D eigenvalue weighted by molar-refractivity contribution is 6.31. The van der Waals surface area contributed by atoms with E-state index in [9.17, 15) is 4.79 Å². The largest absolute Gasteiger partial charge is 0.370 e.